The Kier molecular flexibility index (Phi) is 6.15. The van der Waals surface area contributed by atoms with Crippen LogP contribution in [0.2, 0.25) is 0 Å². The van der Waals surface area contributed by atoms with Crippen molar-refractivity contribution < 1.29 is 9.53 Å². The van der Waals surface area contributed by atoms with Crippen LogP contribution in [0.4, 0.5) is 11.1 Å². The van der Waals surface area contributed by atoms with Crippen LogP contribution in [0, 0.1) is 0 Å². The van der Waals surface area contributed by atoms with E-state index in [-0.39, 0.29) is 18.4 Å². The number of thioether (sulfide) groups is 1. The lowest BCUT2D eigenvalue weighted by molar-refractivity contribution is -0.116. The number of nitrogen functional groups attached to an aromatic ring is 1. The largest absolute Gasteiger partial charge is 0.497 e. The highest BCUT2D eigenvalue weighted by Gasteiger charge is 2.15. The van der Waals surface area contributed by atoms with Crippen molar-refractivity contribution in [1.29, 1.82) is 0 Å². The maximum atomic E-state index is 12.6. The third kappa shape index (κ3) is 4.71. The highest BCUT2D eigenvalue weighted by atomic mass is 32.2. The number of aryl methyl sites for hydroxylation is 1. The molecule has 3 N–H and O–H groups in total. The predicted molar refractivity (Wildman–Crippen MR) is 120 cm³/mol. The van der Waals surface area contributed by atoms with E-state index in [1.165, 1.54) is 28.7 Å². The van der Waals surface area contributed by atoms with Gasteiger partial charge in [-0.2, -0.15) is 0 Å². The zero-order chi connectivity index (χ0) is 20.9. The lowest BCUT2D eigenvalue weighted by Crippen LogP contribution is -2.20. The molecule has 0 saturated heterocycles. The minimum Gasteiger partial charge on any atom is -0.497 e. The quantitative estimate of drug-likeness (QED) is 0.404. The number of anilines is 2. The number of hydrogen-bond acceptors (Lipinski definition) is 8. The number of nitrogens with zero attached hydrogens (tertiary/aromatic N) is 4. The van der Waals surface area contributed by atoms with E-state index < -0.39 is 0 Å². The third-order valence-corrected chi connectivity index (χ3v) is 6.26. The molecular weight excluding hydrogens is 420 g/mol. The second-order valence-corrected chi connectivity index (χ2v) is 8.50. The number of aromatic nitrogens is 4. The van der Waals surface area contributed by atoms with Gasteiger partial charge in [0, 0.05) is 5.75 Å². The van der Waals surface area contributed by atoms with Crippen molar-refractivity contribution in [1.82, 2.24) is 19.7 Å². The van der Waals surface area contributed by atoms with Crippen molar-refractivity contribution in [3.05, 3.63) is 54.1 Å². The number of carbonyl (C=O) groups excluding carboxylic acids is 1. The van der Waals surface area contributed by atoms with Crippen molar-refractivity contribution in [2.45, 2.75) is 18.1 Å². The van der Waals surface area contributed by atoms with Crippen molar-refractivity contribution >= 4 is 50.3 Å². The van der Waals surface area contributed by atoms with E-state index in [2.05, 4.69) is 32.6 Å². The summed E-state index contributed by atoms with van der Waals surface area (Å²) in [6.45, 7) is 0.0196. The van der Waals surface area contributed by atoms with Crippen molar-refractivity contribution in [3.63, 3.8) is 0 Å². The first-order chi connectivity index (χ1) is 14.6. The van der Waals surface area contributed by atoms with Gasteiger partial charge >= 0.3 is 0 Å². The zero-order valence-corrected chi connectivity index (χ0v) is 17.9. The number of benzene rings is 2. The third-order valence-electron chi connectivity index (χ3n) is 4.35. The molecule has 0 fully saturated rings. The molecule has 0 radical (unpaired) electrons. The number of carbonyl (C=O) groups is 1. The van der Waals surface area contributed by atoms with E-state index in [0.717, 1.165) is 28.1 Å². The van der Waals surface area contributed by atoms with Gasteiger partial charge in [0.15, 0.2) is 10.3 Å². The van der Waals surface area contributed by atoms with Gasteiger partial charge in [0.1, 0.15) is 12.3 Å². The molecule has 2 heterocycles. The van der Waals surface area contributed by atoms with Gasteiger partial charge < -0.3 is 15.8 Å². The molecule has 0 unspecified atom stereocenters. The first-order valence-corrected chi connectivity index (χ1v) is 11.0. The maximum Gasteiger partial charge on any atom is 0.246 e. The van der Waals surface area contributed by atoms with Crippen molar-refractivity contribution in [3.8, 4) is 5.75 Å². The average Bonchev–Trinajstić information content (AvgIpc) is 3.31. The van der Waals surface area contributed by atoms with Crippen LogP contribution in [0.1, 0.15) is 5.56 Å². The Balaban J connectivity index is 1.39. The fourth-order valence-electron chi connectivity index (χ4n) is 2.85. The van der Waals surface area contributed by atoms with Crippen LogP contribution >= 0.6 is 23.1 Å². The molecule has 0 aliphatic carbocycles. The second-order valence-electron chi connectivity index (χ2n) is 6.41. The van der Waals surface area contributed by atoms with Gasteiger partial charge in [-0.25, -0.2) is 4.98 Å². The molecule has 0 aliphatic rings. The molecule has 0 saturated carbocycles. The van der Waals surface area contributed by atoms with Gasteiger partial charge in [-0.1, -0.05) is 53.4 Å². The van der Waals surface area contributed by atoms with Gasteiger partial charge in [0.2, 0.25) is 11.9 Å². The van der Waals surface area contributed by atoms with Gasteiger partial charge in [-0.3, -0.25) is 9.36 Å². The molecule has 2 aromatic carbocycles. The highest BCUT2D eigenvalue weighted by molar-refractivity contribution is 7.99. The molecular formula is C20H20N6O2S2. The first kappa shape index (κ1) is 20.2. The Morgan fingerprint density at radius 3 is 2.87 bits per heavy atom. The molecule has 10 heteroatoms. The average molecular weight is 441 g/mol. The standard InChI is InChI=1S/C20H20N6O2S2/c1-28-14-7-8-15-16(11-14)30-19(22-15)23-17(27)12-26-18(21)24-25-20(26)29-10-9-13-5-3-2-4-6-13/h2-8,11H,9-10,12H2,1H3,(H2,21,24)(H,22,23,27). The number of ether oxygens (including phenoxy) is 1. The fraction of sp³-hybridized carbons (Fsp3) is 0.200. The van der Waals surface area contributed by atoms with Gasteiger partial charge in [-0.05, 0) is 30.2 Å². The number of fused-ring (bicyclic) bond motifs is 1. The number of methoxy groups -OCH3 is 1. The van der Waals surface area contributed by atoms with E-state index in [0.29, 0.717) is 10.3 Å². The molecule has 1 amide bonds. The lowest BCUT2D eigenvalue weighted by Gasteiger charge is -2.07. The smallest absolute Gasteiger partial charge is 0.246 e. The minimum atomic E-state index is -0.238. The molecule has 8 nitrogen and oxygen atoms in total. The van der Waals surface area contributed by atoms with Gasteiger partial charge in [-0.15, -0.1) is 10.2 Å². The maximum absolute atomic E-state index is 12.6. The van der Waals surface area contributed by atoms with Gasteiger partial charge in [0.05, 0.1) is 17.3 Å². The Morgan fingerprint density at radius 2 is 2.07 bits per heavy atom. The molecule has 4 rings (SSSR count). The Hall–Kier alpha value is -3.11. The van der Waals surface area contributed by atoms with Crippen molar-refractivity contribution in [2.75, 3.05) is 23.9 Å². The zero-order valence-electron chi connectivity index (χ0n) is 16.2. The molecule has 30 heavy (non-hydrogen) atoms. The molecule has 0 spiro atoms. The van der Waals surface area contributed by atoms with E-state index >= 15 is 0 Å². The number of hydrogen-bond donors (Lipinski definition) is 2. The first-order valence-electron chi connectivity index (χ1n) is 9.22. The summed E-state index contributed by atoms with van der Waals surface area (Å²) in [5.41, 5.74) is 7.98. The van der Waals surface area contributed by atoms with Crippen molar-refractivity contribution in [2.24, 2.45) is 0 Å². The van der Waals surface area contributed by atoms with Crippen LogP contribution in [0.3, 0.4) is 0 Å². The Labute approximate surface area is 181 Å². The van der Waals surface area contributed by atoms with Crippen LogP contribution in [-0.4, -0.2) is 38.5 Å². The summed E-state index contributed by atoms with van der Waals surface area (Å²) in [5.74, 6) is 1.53. The molecule has 2 aromatic heterocycles. The summed E-state index contributed by atoms with van der Waals surface area (Å²) in [5, 5.41) is 12.0. The summed E-state index contributed by atoms with van der Waals surface area (Å²) < 4.78 is 7.78. The fourth-order valence-corrected chi connectivity index (χ4v) is 4.69. The molecule has 0 atom stereocenters. The summed E-state index contributed by atoms with van der Waals surface area (Å²) >= 11 is 2.91. The number of thiazole rings is 1. The summed E-state index contributed by atoms with van der Waals surface area (Å²) in [6.07, 6.45) is 0.889. The summed E-state index contributed by atoms with van der Waals surface area (Å²) in [4.78, 5) is 17.0. The number of nitrogens with one attached hydrogen (secondary N) is 1. The van der Waals surface area contributed by atoms with Crippen LogP contribution in [0.25, 0.3) is 10.2 Å². The SMILES string of the molecule is COc1ccc2nc(NC(=O)Cn3c(N)nnc3SCCc3ccccc3)sc2c1. The molecule has 4 aromatic rings. The Bertz CT molecular complexity index is 1160. The minimum absolute atomic E-state index is 0.0196. The van der Waals surface area contributed by atoms with E-state index in [1.807, 2.05) is 36.4 Å². The highest BCUT2D eigenvalue weighted by Crippen LogP contribution is 2.29. The monoisotopic (exact) mass is 440 g/mol. The lowest BCUT2D eigenvalue weighted by atomic mass is 10.2. The second kappa shape index (κ2) is 9.14. The summed E-state index contributed by atoms with van der Waals surface area (Å²) in [7, 11) is 1.61. The normalized spacial score (nSPS) is 11.0. The van der Waals surface area contributed by atoms with Gasteiger partial charge in [0.25, 0.3) is 0 Å². The topological polar surface area (TPSA) is 108 Å². The molecule has 0 bridgehead atoms. The Morgan fingerprint density at radius 1 is 1.23 bits per heavy atom. The summed E-state index contributed by atoms with van der Waals surface area (Å²) in [6, 6.07) is 15.8. The number of nitrogens with two attached hydrogens (primary N) is 1. The van der Waals surface area contributed by atoms with Crippen LogP contribution in [0.5, 0.6) is 5.75 Å². The predicted octanol–water partition coefficient (Wildman–Crippen LogP) is 3.45. The van der Waals surface area contributed by atoms with E-state index in [1.54, 1.807) is 11.7 Å². The van der Waals surface area contributed by atoms with E-state index in [9.17, 15) is 4.79 Å². The van der Waals surface area contributed by atoms with E-state index in [4.69, 9.17) is 10.5 Å². The van der Waals surface area contributed by atoms with Crippen LogP contribution in [-0.2, 0) is 17.8 Å². The van der Waals surface area contributed by atoms with Crippen LogP contribution in [0.15, 0.2) is 53.7 Å². The number of amides is 1. The molecule has 154 valence electrons. The number of rotatable bonds is 8. The molecule has 0 aliphatic heterocycles. The van der Waals surface area contributed by atoms with Crippen LogP contribution < -0.4 is 15.8 Å².